The first-order chi connectivity index (χ1) is 5.29. The van der Waals surface area contributed by atoms with Gasteiger partial charge >= 0.3 is 0 Å². The van der Waals surface area contributed by atoms with Crippen LogP contribution in [-0.4, -0.2) is 12.6 Å². The molecule has 0 atom stereocenters. The maximum atomic E-state index is 3.55. The molecule has 1 nitrogen and oxygen atoms in total. The van der Waals surface area contributed by atoms with Crippen LogP contribution in [0.3, 0.4) is 0 Å². The Morgan fingerprint density at radius 3 is 2.55 bits per heavy atom. The summed E-state index contributed by atoms with van der Waals surface area (Å²) in [7, 11) is 0. The van der Waals surface area contributed by atoms with E-state index in [9.17, 15) is 0 Å². The Hall–Kier alpha value is -0.300. The zero-order valence-corrected chi connectivity index (χ0v) is 7.64. The highest BCUT2D eigenvalue weighted by atomic mass is 14.9. The van der Waals surface area contributed by atoms with Crippen molar-refractivity contribution in [3.63, 3.8) is 0 Å². The summed E-state index contributed by atoms with van der Waals surface area (Å²) < 4.78 is 0. The van der Waals surface area contributed by atoms with Gasteiger partial charge in [-0.25, -0.2) is 0 Å². The Balaban J connectivity index is 1.95. The van der Waals surface area contributed by atoms with Crippen LogP contribution in [0.25, 0.3) is 0 Å². The number of nitrogens with one attached hydrogen (secondary N) is 1. The molecule has 0 aliphatic heterocycles. The van der Waals surface area contributed by atoms with Crippen molar-refractivity contribution < 1.29 is 0 Å². The predicted octanol–water partition coefficient (Wildman–Crippen LogP) is 2.34. The molecule has 1 aliphatic rings. The van der Waals surface area contributed by atoms with E-state index in [1.807, 2.05) is 0 Å². The first-order valence-corrected chi connectivity index (χ1v) is 4.67. The quantitative estimate of drug-likeness (QED) is 0.611. The summed E-state index contributed by atoms with van der Waals surface area (Å²) in [4.78, 5) is 0. The van der Waals surface area contributed by atoms with E-state index < -0.39 is 0 Å². The summed E-state index contributed by atoms with van der Waals surface area (Å²) in [6.45, 7) is 5.73. The van der Waals surface area contributed by atoms with Crippen molar-refractivity contribution in [3.8, 4) is 0 Å². The Labute approximate surface area is 69.9 Å². The van der Waals surface area contributed by atoms with Gasteiger partial charge in [-0.2, -0.15) is 0 Å². The van der Waals surface area contributed by atoms with Crippen molar-refractivity contribution in [3.05, 3.63) is 12.2 Å². The second-order valence-electron chi connectivity index (χ2n) is 3.78. The largest absolute Gasteiger partial charge is 0.313 e. The van der Waals surface area contributed by atoms with Crippen LogP contribution >= 0.6 is 0 Å². The monoisotopic (exact) mass is 153 g/mol. The van der Waals surface area contributed by atoms with Gasteiger partial charge in [0, 0.05) is 6.04 Å². The lowest BCUT2D eigenvalue weighted by atomic mass is 10.1. The molecule has 0 saturated heterocycles. The summed E-state index contributed by atoms with van der Waals surface area (Å²) >= 11 is 0. The molecule has 0 bridgehead atoms. The molecule has 64 valence electrons. The summed E-state index contributed by atoms with van der Waals surface area (Å²) in [5.74, 6) is 0.830. The highest BCUT2D eigenvalue weighted by Gasteiger charge is 2.07. The molecule has 0 heterocycles. The summed E-state index contributed by atoms with van der Waals surface area (Å²) in [5.41, 5.74) is 0. The zero-order valence-electron chi connectivity index (χ0n) is 7.64. The third-order valence-corrected chi connectivity index (χ3v) is 2.16. The second kappa shape index (κ2) is 4.55. The Morgan fingerprint density at radius 2 is 2.00 bits per heavy atom. The third-order valence-electron chi connectivity index (χ3n) is 2.16. The normalized spacial score (nSPS) is 18.5. The minimum absolute atomic E-state index is 0.744. The SMILES string of the molecule is CC(C)CCNC1CC=CC1. The van der Waals surface area contributed by atoms with Crippen molar-refractivity contribution in [1.29, 1.82) is 0 Å². The first kappa shape index (κ1) is 8.79. The average molecular weight is 153 g/mol. The predicted molar refractivity (Wildman–Crippen MR) is 49.6 cm³/mol. The van der Waals surface area contributed by atoms with E-state index >= 15 is 0 Å². The highest BCUT2D eigenvalue weighted by molar-refractivity contribution is 4.97. The van der Waals surface area contributed by atoms with E-state index in [4.69, 9.17) is 0 Å². The number of hydrogen-bond donors (Lipinski definition) is 1. The lowest BCUT2D eigenvalue weighted by Crippen LogP contribution is -2.27. The van der Waals surface area contributed by atoms with Crippen LogP contribution in [0.1, 0.15) is 33.1 Å². The van der Waals surface area contributed by atoms with Gasteiger partial charge in [0.05, 0.1) is 0 Å². The molecule has 0 amide bonds. The van der Waals surface area contributed by atoms with E-state index in [1.54, 1.807) is 0 Å². The molecule has 0 radical (unpaired) electrons. The number of rotatable bonds is 4. The smallest absolute Gasteiger partial charge is 0.0136 e. The van der Waals surface area contributed by atoms with Crippen molar-refractivity contribution in [2.75, 3.05) is 6.54 Å². The molecule has 0 fully saturated rings. The van der Waals surface area contributed by atoms with Gasteiger partial charge in [-0.05, 0) is 31.7 Å². The molecule has 1 aliphatic carbocycles. The van der Waals surface area contributed by atoms with E-state index in [1.165, 1.54) is 25.8 Å². The Morgan fingerprint density at radius 1 is 1.36 bits per heavy atom. The Kier molecular flexibility index (Phi) is 3.64. The van der Waals surface area contributed by atoms with Crippen LogP contribution in [0.15, 0.2) is 12.2 Å². The van der Waals surface area contributed by atoms with Crippen molar-refractivity contribution in [1.82, 2.24) is 5.32 Å². The lowest BCUT2D eigenvalue weighted by molar-refractivity contribution is 0.481. The van der Waals surface area contributed by atoms with Crippen LogP contribution in [-0.2, 0) is 0 Å². The van der Waals surface area contributed by atoms with Gasteiger partial charge in [-0.3, -0.25) is 0 Å². The van der Waals surface area contributed by atoms with E-state index in [0.29, 0.717) is 0 Å². The third kappa shape index (κ3) is 3.57. The van der Waals surface area contributed by atoms with E-state index in [0.717, 1.165) is 12.0 Å². The summed E-state index contributed by atoms with van der Waals surface area (Å²) in [5, 5.41) is 3.55. The van der Waals surface area contributed by atoms with Gasteiger partial charge in [0.25, 0.3) is 0 Å². The average Bonchev–Trinajstić information content (AvgIpc) is 2.39. The van der Waals surface area contributed by atoms with Crippen LogP contribution in [0, 0.1) is 5.92 Å². The molecule has 0 saturated carbocycles. The molecular weight excluding hydrogens is 134 g/mol. The van der Waals surface area contributed by atoms with Crippen LogP contribution in [0.5, 0.6) is 0 Å². The summed E-state index contributed by atoms with van der Waals surface area (Å²) in [6.07, 6.45) is 8.31. The maximum absolute atomic E-state index is 3.55. The second-order valence-corrected chi connectivity index (χ2v) is 3.78. The zero-order chi connectivity index (χ0) is 8.10. The van der Waals surface area contributed by atoms with Gasteiger partial charge in [0.2, 0.25) is 0 Å². The van der Waals surface area contributed by atoms with Crippen LogP contribution < -0.4 is 5.32 Å². The van der Waals surface area contributed by atoms with Crippen molar-refractivity contribution in [2.45, 2.75) is 39.2 Å². The molecule has 1 heteroatoms. The molecule has 11 heavy (non-hydrogen) atoms. The van der Waals surface area contributed by atoms with Gasteiger partial charge in [0.1, 0.15) is 0 Å². The fourth-order valence-corrected chi connectivity index (χ4v) is 1.36. The molecule has 1 rings (SSSR count). The van der Waals surface area contributed by atoms with Gasteiger partial charge in [-0.1, -0.05) is 26.0 Å². The minimum Gasteiger partial charge on any atom is -0.313 e. The molecule has 0 unspecified atom stereocenters. The first-order valence-electron chi connectivity index (χ1n) is 4.67. The Bertz CT molecular complexity index is 119. The molecule has 1 N–H and O–H groups in total. The molecule has 0 aromatic carbocycles. The molecule has 0 spiro atoms. The van der Waals surface area contributed by atoms with Crippen LogP contribution in [0.2, 0.25) is 0 Å². The summed E-state index contributed by atoms with van der Waals surface area (Å²) in [6, 6.07) is 0.744. The highest BCUT2D eigenvalue weighted by Crippen LogP contribution is 2.09. The van der Waals surface area contributed by atoms with Gasteiger partial charge in [-0.15, -0.1) is 0 Å². The van der Waals surface area contributed by atoms with E-state index in [2.05, 4.69) is 31.3 Å². The van der Waals surface area contributed by atoms with E-state index in [-0.39, 0.29) is 0 Å². The lowest BCUT2D eigenvalue weighted by Gasteiger charge is -2.12. The van der Waals surface area contributed by atoms with Gasteiger partial charge in [0.15, 0.2) is 0 Å². The molecule has 0 aromatic heterocycles. The fraction of sp³-hybridized carbons (Fsp3) is 0.800. The standard InChI is InChI=1S/C10H19N/c1-9(2)7-8-11-10-5-3-4-6-10/h3-4,9-11H,5-8H2,1-2H3. The maximum Gasteiger partial charge on any atom is 0.0136 e. The molecule has 0 aromatic rings. The van der Waals surface area contributed by atoms with Crippen molar-refractivity contribution >= 4 is 0 Å². The fourth-order valence-electron chi connectivity index (χ4n) is 1.36. The van der Waals surface area contributed by atoms with Crippen molar-refractivity contribution in [2.24, 2.45) is 5.92 Å². The van der Waals surface area contributed by atoms with Gasteiger partial charge < -0.3 is 5.32 Å². The number of hydrogen-bond acceptors (Lipinski definition) is 1. The molecular formula is C10H19N. The minimum atomic E-state index is 0.744. The van der Waals surface area contributed by atoms with Crippen LogP contribution in [0.4, 0.5) is 0 Å². The topological polar surface area (TPSA) is 12.0 Å².